The summed E-state index contributed by atoms with van der Waals surface area (Å²) in [4.78, 5) is 48.1. The van der Waals surface area contributed by atoms with E-state index >= 15 is 0 Å². The minimum absolute atomic E-state index is 0.0000319. The number of benzene rings is 1. The van der Waals surface area contributed by atoms with E-state index in [-0.39, 0.29) is 49.5 Å². The van der Waals surface area contributed by atoms with Crippen LogP contribution in [-0.4, -0.2) is 55.7 Å². The molecule has 0 aliphatic carbocycles. The van der Waals surface area contributed by atoms with Crippen molar-refractivity contribution in [2.24, 2.45) is 5.92 Å². The summed E-state index contributed by atoms with van der Waals surface area (Å²) in [5.74, 6) is -1.80. The number of imidazole rings is 1. The highest BCUT2D eigenvalue weighted by Gasteiger charge is 2.30. The van der Waals surface area contributed by atoms with E-state index in [1.807, 2.05) is 25.1 Å². The van der Waals surface area contributed by atoms with Gasteiger partial charge in [0.05, 0.1) is 24.9 Å². The van der Waals surface area contributed by atoms with Crippen molar-refractivity contribution in [2.75, 3.05) is 18.9 Å². The number of rotatable bonds is 11. The third kappa shape index (κ3) is 5.90. The number of carbonyl (C=O) groups excluding carboxylic acids is 2. The lowest BCUT2D eigenvalue weighted by atomic mass is 9.98. The number of nitrogens with zero attached hydrogens (tertiary/aromatic N) is 4. The second kappa shape index (κ2) is 11.3. The number of hydrogen-bond acceptors (Lipinski definition) is 9. The van der Waals surface area contributed by atoms with E-state index in [0.29, 0.717) is 6.42 Å². The minimum atomic E-state index is -1.37. The molecule has 0 fully saturated rings. The number of fused-ring (bicyclic) bond motifs is 1. The van der Waals surface area contributed by atoms with Crippen LogP contribution in [-0.2, 0) is 27.6 Å². The molecule has 12 nitrogen and oxygen atoms in total. The average Bonchev–Trinajstić information content (AvgIpc) is 3.22. The molecule has 2 atom stereocenters. The standard InChI is InChI=1S/C22H28N6O6/c1-3-14(2)17(20(30)31)28(22(32)34-11-15-7-5-4-6-8-15)9-10-33-13-27-12-24-16-18(27)25-21(23)26-19(16)29/h4-8,12,14,17H,3,9-11,13H2,1-2H3,(H,30,31)(H3,23,25,26,29)/p-1/t14-,17-/m0/s1. The van der Waals surface area contributed by atoms with Gasteiger partial charge in [-0.15, -0.1) is 0 Å². The van der Waals surface area contributed by atoms with Gasteiger partial charge in [0.1, 0.15) is 13.3 Å². The Hall–Kier alpha value is -3.93. The Balaban J connectivity index is 1.67. The number of hydrogen-bond donors (Lipinski definition) is 2. The third-order valence-electron chi connectivity index (χ3n) is 5.40. The van der Waals surface area contributed by atoms with Crippen LogP contribution in [0.3, 0.4) is 0 Å². The fraction of sp³-hybridized carbons (Fsp3) is 0.409. The van der Waals surface area contributed by atoms with Gasteiger partial charge in [-0.1, -0.05) is 50.6 Å². The maximum Gasteiger partial charge on any atom is 0.410 e. The van der Waals surface area contributed by atoms with Crippen LogP contribution in [0.1, 0.15) is 25.8 Å². The molecule has 3 N–H and O–H groups in total. The molecule has 0 bridgehead atoms. The summed E-state index contributed by atoms with van der Waals surface area (Å²) in [5.41, 5.74) is 6.24. The van der Waals surface area contributed by atoms with Crippen molar-refractivity contribution < 1.29 is 24.2 Å². The number of nitrogens with one attached hydrogen (secondary N) is 1. The SMILES string of the molecule is CC[C@H](C)[C@@H](C(=O)[O-])N(CCOCn1cnc2c(=O)[nH]c(N)nc21)C(=O)OCc1ccccc1. The van der Waals surface area contributed by atoms with Crippen LogP contribution in [0.25, 0.3) is 11.2 Å². The number of aromatic amines is 1. The molecule has 0 radical (unpaired) electrons. The molecule has 0 aliphatic rings. The number of carboxylic acids is 1. The van der Waals surface area contributed by atoms with Gasteiger partial charge in [-0.3, -0.25) is 19.2 Å². The van der Waals surface area contributed by atoms with Gasteiger partial charge in [0.25, 0.3) is 5.56 Å². The summed E-state index contributed by atoms with van der Waals surface area (Å²) >= 11 is 0. The van der Waals surface area contributed by atoms with Crippen molar-refractivity contribution in [1.29, 1.82) is 0 Å². The zero-order valence-electron chi connectivity index (χ0n) is 19.0. The number of amides is 1. The molecule has 3 rings (SSSR count). The number of aromatic nitrogens is 4. The first-order chi connectivity index (χ1) is 16.3. The van der Waals surface area contributed by atoms with Gasteiger partial charge in [0.2, 0.25) is 5.95 Å². The van der Waals surface area contributed by atoms with E-state index in [1.54, 1.807) is 19.1 Å². The smallest absolute Gasteiger partial charge is 0.410 e. The first kappa shape index (κ1) is 24.7. The topological polar surface area (TPSA) is 168 Å². The summed E-state index contributed by atoms with van der Waals surface area (Å²) in [5, 5.41) is 11.9. The van der Waals surface area contributed by atoms with Gasteiger partial charge in [-0.25, -0.2) is 9.78 Å². The molecule has 0 aliphatic heterocycles. The van der Waals surface area contributed by atoms with Crippen molar-refractivity contribution in [3.63, 3.8) is 0 Å². The highest BCUT2D eigenvalue weighted by Crippen LogP contribution is 2.17. The van der Waals surface area contributed by atoms with Crippen LogP contribution in [0.15, 0.2) is 41.5 Å². The lowest BCUT2D eigenvalue weighted by Crippen LogP contribution is -2.54. The van der Waals surface area contributed by atoms with E-state index < -0.39 is 23.7 Å². The van der Waals surface area contributed by atoms with Crippen molar-refractivity contribution in [3.8, 4) is 0 Å². The fourth-order valence-corrected chi connectivity index (χ4v) is 3.43. The molecule has 182 valence electrons. The number of ether oxygens (including phenoxy) is 2. The number of H-pyrrole nitrogens is 1. The first-order valence-electron chi connectivity index (χ1n) is 10.8. The van der Waals surface area contributed by atoms with Gasteiger partial charge in [-0.05, 0) is 11.5 Å². The molecule has 0 saturated heterocycles. The van der Waals surface area contributed by atoms with Crippen LogP contribution >= 0.6 is 0 Å². The van der Waals surface area contributed by atoms with Crippen molar-refractivity contribution >= 4 is 29.2 Å². The van der Waals surface area contributed by atoms with Gasteiger partial charge in [0, 0.05) is 6.54 Å². The third-order valence-corrected chi connectivity index (χ3v) is 5.40. The second-order valence-electron chi connectivity index (χ2n) is 7.76. The van der Waals surface area contributed by atoms with Crippen LogP contribution in [0.4, 0.5) is 10.7 Å². The Morgan fingerprint density at radius 2 is 2.03 bits per heavy atom. The van der Waals surface area contributed by atoms with Crippen molar-refractivity contribution in [1.82, 2.24) is 24.4 Å². The summed E-state index contributed by atoms with van der Waals surface area (Å²) in [7, 11) is 0. The molecule has 0 unspecified atom stereocenters. The van der Waals surface area contributed by atoms with Crippen LogP contribution in [0.5, 0.6) is 0 Å². The zero-order chi connectivity index (χ0) is 24.7. The Bertz CT molecular complexity index is 1180. The monoisotopic (exact) mass is 471 g/mol. The summed E-state index contributed by atoms with van der Waals surface area (Å²) in [6.45, 7) is 3.44. The number of aliphatic carboxylic acids is 1. The van der Waals surface area contributed by atoms with E-state index in [2.05, 4.69) is 15.0 Å². The number of carbonyl (C=O) groups is 2. The molecule has 3 aromatic rings. The molecule has 2 aromatic heterocycles. The summed E-state index contributed by atoms with van der Waals surface area (Å²) in [6.07, 6.45) is 1.11. The molecule has 0 saturated carbocycles. The normalized spacial score (nSPS) is 12.9. The Kier molecular flexibility index (Phi) is 8.19. The number of carboxylic acid groups (broad SMARTS) is 1. The van der Waals surface area contributed by atoms with Crippen LogP contribution in [0.2, 0.25) is 0 Å². The van der Waals surface area contributed by atoms with E-state index in [1.165, 1.54) is 10.9 Å². The Morgan fingerprint density at radius 3 is 2.71 bits per heavy atom. The predicted octanol–water partition coefficient (Wildman–Crippen LogP) is 0.479. The van der Waals surface area contributed by atoms with E-state index in [9.17, 15) is 19.5 Å². The highest BCUT2D eigenvalue weighted by atomic mass is 16.6. The average molecular weight is 471 g/mol. The maximum atomic E-state index is 12.8. The van der Waals surface area contributed by atoms with E-state index in [4.69, 9.17) is 15.2 Å². The summed E-state index contributed by atoms with van der Waals surface area (Å²) in [6, 6.07) is 7.88. The van der Waals surface area contributed by atoms with Gasteiger partial charge in [0.15, 0.2) is 11.2 Å². The Morgan fingerprint density at radius 1 is 1.29 bits per heavy atom. The molecule has 2 heterocycles. The molecule has 12 heteroatoms. The van der Waals surface area contributed by atoms with Gasteiger partial charge in [-0.2, -0.15) is 4.98 Å². The molecular weight excluding hydrogens is 444 g/mol. The highest BCUT2D eigenvalue weighted by molar-refractivity contribution is 5.79. The minimum Gasteiger partial charge on any atom is -0.548 e. The number of nitrogens with two attached hydrogens (primary N) is 1. The fourth-order valence-electron chi connectivity index (χ4n) is 3.43. The van der Waals surface area contributed by atoms with Crippen LogP contribution < -0.4 is 16.4 Å². The largest absolute Gasteiger partial charge is 0.548 e. The van der Waals surface area contributed by atoms with Crippen molar-refractivity contribution in [2.45, 2.75) is 39.6 Å². The second-order valence-corrected chi connectivity index (χ2v) is 7.76. The maximum absolute atomic E-state index is 12.8. The zero-order valence-corrected chi connectivity index (χ0v) is 19.0. The van der Waals surface area contributed by atoms with Gasteiger partial charge >= 0.3 is 6.09 Å². The molecule has 1 aromatic carbocycles. The van der Waals surface area contributed by atoms with E-state index in [0.717, 1.165) is 10.5 Å². The quantitative estimate of drug-likeness (QED) is 0.378. The lowest BCUT2D eigenvalue weighted by Gasteiger charge is -2.35. The first-order valence-corrected chi connectivity index (χ1v) is 10.8. The van der Waals surface area contributed by atoms with Crippen molar-refractivity contribution in [3.05, 3.63) is 52.6 Å². The number of anilines is 1. The lowest BCUT2D eigenvalue weighted by molar-refractivity contribution is -0.312. The van der Waals surface area contributed by atoms with Crippen LogP contribution in [0, 0.1) is 5.92 Å². The Labute approximate surface area is 195 Å². The molecule has 0 spiro atoms. The summed E-state index contributed by atoms with van der Waals surface area (Å²) < 4.78 is 12.5. The molecular formula is C22H27N6O6-. The van der Waals surface area contributed by atoms with Gasteiger partial charge < -0.3 is 25.1 Å². The molecule has 34 heavy (non-hydrogen) atoms. The molecule has 1 amide bonds. The number of nitrogen functional groups attached to an aromatic ring is 1. The predicted molar refractivity (Wildman–Crippen MR) is 120 cm³/mol.